The number of hydrogen-bond donors (Lipinski definition) is 1. The Morgan fingerprint density at radius 2 is 2.11 bits per heavy atom. The van der Waals surface area contributed by atoms with Crippen molar-refractivity contribution in [3.05, 3.63) is 16.8 Å². The summed E-state index contributed by atoms with van der Waals surface area (Å²) in [6, 6.07) is 0. The van der Waals surface area contributed by atoms with Crippen molar-refractivity contribution in [3.8, 4) is 0 Å². The molecule has 2 aromatic heterocycles. The fourth-order valence-corrected chi connectivity index (χ4v) is 2.79. The maximum absolute atomic E-state index is 12.7. The number of aromatic nitrogens is 2. The largest absolute Gasteiger partial charge is 0.443 e. The number of alkyl halides is 3. The second-order valence-electron chi connectivity index (χ2n) is 4.28. The van der Waals surface area contributed by atoms with E-state index in [1.165, 1.54) is 0 Å². The minimum Gasteiger partial charge on any atom is -0.387 e. The first-order valence-corrected chi connectivity index (χ1v) is 6.36. The van der Waals surface area contributed by atoms with Crippen LogP contribution in [0.2, 0.25) is 0 Å². The van der Waals surface area contributed by atoms with Crippen LogP contribution >= 0.6 is 11.3 Å². The molecule has 0 saturated heterocycles. The Bertz CT molecular complexity index is 601. The summed E-state index contributed by atoms with van der Waals surface area (Å²) in [5.41, 5.74) is 2.07. The number of halogens is 3. The maximum Gasteiger partial charge on any atom is 0.443 e. The lowest BCUT2D eigenvalue weighted by Crippen LogP contribution is -2.03. The summed E-state index contributed by atoms with van der Waals surface area (Å²) < 4.78 is 38.0. The molecule has 2 heterocycles. The van der Waals surface area contributed by atoms with Gasteiger partial charge in [0.05, 0.1) is 11.9 Å². The van der Waals surface area contributed by atoms with Gasteiger partial charge in [-0.05, 0) is 18.8 Å². The summed E-state index contributed by atoms with van der Waals surface area (Å²) in [6.07, 6.45) is -0.792. The molecule has 0 spiro atoms. The number of nitrogens with one attached hydrogen (secondary N) is 1. The lowest BCUT2D eigenvalue weighted by molar-refractivity contribution is -0.137. The van der Waals surface area contributed by atoms with Crippen LogP contribution in [-0.2, 0) is 6.18 Å². The minimum absolute atomic E-state index is 0.320. The molecule has 0 atom stereocenters. The van der Waals surface area contributed by atoms with Crippen LogP contribution in [0.4, 0.5) is 18.9 Å². The molecule has 3 rings (SSSR count). The third kappa shape index (κ3) is 1.82. The van der Waals surface area contributed by atoms with E-state index < -0.39 is 11.2 Å². The molecule has 0 bridgehead atoms. The monoisotopic (exact) mass is 273 g/mol. The van der Waals surface area contributed by atoms with Gasteiger partial charge in [-0.2, -0.15) is 13.2 Å². The molecule has 18 heavy (non-hydrogen) atoms. The van der Waals surface area contributed by atoms with Gasteiger partial charge in [-0.3, -0.25) is 0 Å². The van der Waals surface area contributed by atoms with Crippen LogP contribution in [0.25, 0.3) is 10.3 Å². The van der Waals surface area contributed by atoms with Gasteiger partial charge < -0.3 is 5.32 Å². The van der Waals surface area contributed by atoms with Crippen molar-refractivity contribution in [1.29, 1.82) is 0 Å². The highest BCUT2D eigenvalue weighted by molar-refractivity contribution is 7.18. The SMILES string of the molecule is CNc1cnc2sc(C(F)(F)F)nc2c1C1CC1. The Balaban J connectivity index is 2.23. The van der Waals surface area contributed by atoms with Gasteiger partial charge in [0.15, 0.2) is 0 Å². The molecule has 1 N–H and O–H groups in total. The van der Waals surface area contributed by atoms with E-state index in [4.69, 9.17) is 0 Å². The first-order valence-electron chi connectivity index (χ1n) is 5.55. The average molecular weight is 273 g/mol. The number of pyridine rings is 1. The van der Waals surface area contributed by atoms with Crippen LogP contribution in [0.3, 0.4) is 0 Å². The highest BCUT2D eigenvalue weighted by Gasteiger charge is 2.37. The van der Waals surface area contributed by atoms with Crippen LogP contribution in [0, 0.1) is 0 Å². The van der Waals surface area contributed by atoms with Gasteiger partial charge in [0.25, 0.3) is 0 Å². The average Bonchev–Trinajstić information content (AvgIpc) is 3.03. The molecule has 1 aliphatic rings. The predicted molar refractivity (Wildman–Crippen MR) is 63.9 cm³/mol. The zero-order valence-corrected chi connectivity index (χ0v) is 10.3. The molecular weight excluding hydrogens is 263 g/mol. The summed E-state index contributed by atoms with van der Waals surface area (Å²) in [5.74, 6) is 0.320. The Labute approximate surface area is 105 Å². The lowest BCUT2D eigenvalue weighted by Gasteiger charge is -2.07. The molecule has 3 nitrogen and oxygen atoms in total. The van der Waals surface area contributed by atoms with Crippen molar-refractivity contribution >= 4 is 27.4 Å². The molecule has 2 aromatic rings. The highest BCUT2D eigenvalue weighted by Crippen LogP contribution is 2.47. The molecule has 1 aliphatic carbocycles. The van der Waals surface area contributed by atoms with Crippen molar-refractivity contribution in [3.63, 3.8) is 0 Å². The fourth-order valence-electron chi connectivity index (χ4n) is 2.00. The molecule has 0 aromatic carbocycles. The Kier molecular flexibility index (Phi) is 2.48. The van der Waals surface area contributed by atoms with Gasteiger partial charge in [0.1, 0.15) is 10.3 Å². The third-order valence-electron chi connectivity index (χ3n) is 2.96. The van der Waals surface area contributed by atoms with Gasteiger partial charge in [0.2, 0.25) is 5.01 Å². The lowest BCUT2D eigenvalue weighted by atomic mass is 10.1. The van der Waals surface area contributed by atoms with Crippen molar-refractivity contribution in [1.82, 2.24) is 9.97 Å². The molecule has 96 valence electrons. The van der Waals surface area contributed by atoms with Crippen LogP contribution in [0.15, 0.2) is 6.20 Å². The molecule has 0 aliphatic heterocycles. The first-order chi connectivity index (χ1) is 8.50. The number of hydrogen-bond acceptors (Lipinski definition) is 4. The summed E-state index contributed by atoms with van der Waals surface area (Å²) in [5, 5.41) is 2.16. The summed E-state index contributed by atoms with van der Waals surface area (Å²) in [6.45, 7) is 0. The smallest absolute Gasteiger partial charge is 0.387 e. The van der Waals surface area contributed by atoms with Gasteiger partial charge in [-0.1, -0.05) is 11.3 Å². The zero-order chi connectivity index (χ0) is 12.9. The highest BCUT2D eigenvalue weighted by atomic mass is 32.1. The summed E-state index contributed by atoms with van der Waals surface area (Å²) in [7, 11) is 1.74. The second kappa shape index (κ2) is 3.81. The minimum atomic E-state index is -4.40. The van der Waals surface area contributed by atoms with Crippen LogP contribution in [0.5, 0.6) is 0 Å². The topological polar surface area (TPSA) is 37.8 Å². The Morgan fingerprint density at radius 1 is 1.39 bits per heavy atom. The van der Waals surface area contributed by atoms with E-state index >= 15 is 0 Å². The van der Waals surface area contributed by atoms with E-state index in [0.29, 0.717) is 27.6 Å². The molecule has 0 radical (unpaired) electrons. The van der Waals surface area contributed by atoms with Gasteiger partial charge in [-0.25, -0.2) is 9.97 Å². The van der Waals surface area contributed by atoms with E-state index in [2.05, 4.69) is 15.3 Å². The normalized spacial score (nSPS) is 16.2. The van der Waals surface area contributed by atoms with E-state index in [-0.39, 0.29) is 0 Å². The zero-order valence-electron chi connectivity index (χ0n) is 9.51. The quantitative estimate of drug-likeness (QED) is 0.908. The van der Waals surface area contributed by atoms with Crippen molar-refractivity contribution in [2.24, 2.45) is 0 Å². The molecule has 0 unspecified atom stereocenters. The summed E-state index contributed by atoms with van der Waals surface area (Å²) in [4.78, 5) is 8.16. The van der Waals surface area contributed by atoms with Crippen molar-refractivity contribution in [2.75, 3.05) is 12.4 Å². The molecular formula is C11H10F3N3S. The predicted octanol–water partition coefficient (Wildman–Crippen LogP) is 3.63. The maximum atomic E-state index is 12.7. The Morgan fingerprint density at radius 3 is 2.67 bits per heavy atom. The molecule has 0 amide bonds. The van der Waals surface area contributed by atoms with Gasteiger partial charge in [0, 0.05) is 12.6 Å². The van der Waals surface area contributed by atoms with Crippen molar-refractivity contribution < 1.29 is 13.2 Å². The molecule has 1 fully saturated rings. The van der Waals surface area contributed by atoms with Gasteiger partial charge in [-0.15, -0.1) is 0 Å². The number of rotatable bonds is 2. The van der Waals surface area contributed by atoms with Crippen LogP contribution in [0.1, 0.15) is 29.3 Å². The van der Waals surface area contributed by atoms with E-state index in [9.17, 15) is 13.2 Å². The summed E-state index contributed by atoms with van der Waals surface area (Å²) >= 11 is 0.608. The number of fused-ring (bicyclic) bond motifs is 1. The third-order valence-corrected chi connectivity index (χ3v) is 3.97. The first kappa shape index (κ1) is 11.7. The fraction of sp³-hybridized carbons (Fsp3) is 0.455. The van der Waals surface area contributed by atoms with E-state index in [1.54, 1.807) is 13.2 Å². The standard InChI is InChI=1S/C11H10F3N3S/c1-15-6-4-16-9-8(7(6)5-2-3-5)17-10(18-9)11(12,13)14/h4-5,15H,2-3H2,1H3. The van der Waals surface area contributed by atoms with Crippen molar-refractivity contribution in [2.45, 2.75) is 24.9 Å². The second-order valence-corrected chi connectivity index (χ2v) is 5.26. The van der Waals surface area contributed by atoms with Gasteiger partial charge >= 0.3 is 6.18 Å². The van der Waals surface area contributed by atoms with E-state index in [0.717, 1.165) is 24.1 Å². The Hall–Kier alpha value is -1.37. The van der Waals surface area contributed by atoms with E-state index in [1.807, 2.05) is 0 Å². The number of anilines is 1. The number of thiazole rings is 1. The number of nitrogens with zero attached hydrogens (tertiary/aromatic N) is 2. The van der Waals surface area contributed by atoms with Crippen LogP contribution in [-0.4, -0.2) is 17.0 Å². The molecule has 1 saturated carbocycles. The molecule has 7 heteroatoms. The van der Waals surface area contributed by atoms with Crippen LogP contribution < -0.4 is 5.32 Å².